The van der Waals surface area contributed by atoms with E-state index in [9.17, 15) is 14.7 Å². The SMILES string of the molecule is O=C(C[C@H](C(=O)O)N1CCCCC1)c1ccc(Cl)cc1. The van der Waals surface area contributed by atoms with Gasteiger partial charge in [0.25, 0.3) is 0 Å². The van der Waals surface area contributed by atoms with Crippen molar-refractivity contribution in [2.75, 3.05) is 13.1 Å². The maximum atomic E-state index is 12.2. The second kappa shape index (κ2) is 6.86. The zero-order valence-corrected chi connectivity index (χ0v) is 12.0. The Balaban J connectivity index is 2.05. The van der Waals surface area contributed by atoms with Crippen LogP contribution in [0.5, 0.6) is 0 Å². The average molecular weight is 296 g/mol. The van der Waals surface area contributed by atoms with Crippen molar-refractivity contribution in [3.8, 4) is 0 Å². The minimum absolute atomic E-state index is 0.0109. The summed E-state index contributed by atoms with van der Waals surface area (Å²) in [6.45, 7) is 1.51. The average Bonchev–Trinajstić information content (AvgIpc) is 2.46. The molecule has 0 unspecified atom stereocenters. The van der Waals surface area contributed by atoms with Crippen LogP contribution in [0.15, 0.2) is 24.3 Å². The monoisotopic (exact) mass is 295 g/mol. The number of hydrogen-bond donors (Lipinski definition) is 1. The van der Waals surface area contributed by atoms with Crippen LogP contribution < -0.4 is 0 Å². The first-order valence-electron chi connectivity index (χ1n) is 6.83. The fourth-order valence-electron chi connectivity index (χ4n) is 2.53. The number of halogens is 1. The van der Waals surface area contributed by atoms with Gasteiger partial charge in [0.1, 0.15) is 6.04 Å². The summed E-state index contributed by atoms with van der Waals surface area (Å²) in [7, 11) is 0. The van der Waals surface area contributed by atoms with Crippen molar-refractivity contribution in [3.63, 3.8) is 0 Å². The van der Waals surface area contributed by atoms with E-state index in [4.69, 9.17) is 11.6 Å². The van der Waals surface area contributed by atoms with Crippen molar-refractivity contribution in [3.05, 3.63) is 34.9 Å². The molecule has 0 aromatic heterocycles. The van der Waals surface area contributed by atoms with Crippen molar-refractivity contribution in [2.45, 2.75) is 31.7 Å². The molecule has 0 bridgehead atoms. The van der Waals surface area contributed by atoms with Gasteiger partial charge in [-0.3, -0.25) is 14.5 Å². The number of Topliss-reactive ketones (excluding diaryl/α,β-unsaturated/α-hetero) is 1. The van der Waals surface area contributed by atoms with Crippen LogP contribution in [0.25, 0.3) is 0 Å². The van der Waals surface area contributed by atoms with E-state index in [-0.39, 0.29) is 12.2 Å². The molecule has 108 valence electrons. The Hall–Kier alpha value is -1.39. The fourth-order valence-corrected chi connectivity index (χ4v) is 2.66. The van der Waals surface area contributed by atoms with Crippen LogP contribution in [-0.4, -0.2) is 40.9 Å². The van der Waals surface area contributed by atoms with Crippen molar-refractivity contribution < 1.29 is 14.7 Å². The van der Waals surface area contributed by atoms with Gasteiger partial charge in [0, 0.05) is 17.0 Å². The molecular weight excluding hydrogens is 278 g/mol. The standard InChI is InChI=1S/C15H18ClNO3/c16-12-6-4-11(5-7-12)14(18)10-13(15(19)20)17-8-2-1-3-9-17/h4-7,13H,1-3,8-10H2,(H,19,20)/t13-/m1/s1. The molecule has 1 aromatic rings. The summed E-state index contributed by atoms with van der Waals surface area (Å²) in [6, 6.07) is 5.84. The van der Waals surface area contributed by atoms with E-state index < -0.39 is 12.0 Å². The molecule has 1 aliphatic rings. The molecule has 20 heavy (non-hydrogen) atoms. The molecule has 1 aromatic carbocycles. The molecule has 0 radical (unpaired) electrons. The fraction of sp³-hybridized carbons (Fsp3) is 0.467. The normalized spacial score (nSPS) is 17.6. The number of piperidine rings is 1. The third kappa shape index (κ3) is 3.81. The van der Waals surface area contributed by atoms with Crippen LogP contribution >= 0.6 is 11.6 Å². The summed E-state index contributed by atoms with van der Waals surface area (Å²) in [5, 5.41) is 9.91. The summed E-state index contributed by atoms with van der Waals surface area (Å²) < 4.78 is 0. The minimum Gasteiger partial charge on any atom is -0.480 e. The lowest BCUT2D eigenvalue weighted by molar-refractivity contribution is -0.143. The molecule has 0 spiro atoms. The number of carbonyl (C=O) groups is 2. The second-order valence-electron chi connectivity index (χ2n) is 5.08. The number of aliphatic carboxylic acids is 1. The molecule has 2 rings (SSSR count). The minimum atomic E-state index is -0.922. The van der Waals surface area contributed by atoms with Gasteiger partial charge < -0.3 is 5.11 Å². The zero-order chi connectivity index (χ0) is 14.5. The number of likely N-dealkylation sites (tertiary alicyclic amines) is 1. The van der Waals surface area contributed by atoms with E-state index in [2.05, 4.69) is 0 Å². The van der Waals surface area contributed by atoms with E-state index in [1.807, 2.05) is 4.90 Å². The van der Waals surface area contributed by atoms with Gasteiger partial charge in [0.2, 0.25) is 0 Å². The summed E-state index contributed by atoms with van der Waals surface area (Å²) in [6.07, 6.45) is 3.14. The zero-order valence-electron chi connectivity index (χ0n) is 11.2. The summed E-state index contributed by atoms with van der Waals surface area (Å²) in [5.74, 6) is -1.08. The number of rotatable bonds is 5. The highest BCUT2D eigenvalue weighted by atomic mass is 35.5. The predicted octanol–water partition coefficient (Wildman–Crippen LogP) is 2.85. The summed E-state index contributed by atoms with van der Waals surface area (Å²) in [5.41, 5.74) is 0.512. The number of ketones is 1. The van der Waals surface area contributed by atoms with Crippen molar-refractivity contribution in [1.29, 1.82) is 0 Å². The Morgan fingerprint density at radius 2 is 1.75 bits per heavy atom. The number of nitrogens with zero attached hydrogens (tertiary/aromatic N) is 1. The van der Waals surface area contributed by atoms with Crippen molar-refractivity contribution in [2.24, 2.45) is 0 Å². The Labute approximate surface area is 123 Å². The Morgan fingerprint density at radius 1 is 1.15 bits per heavy atom. The molecule has 0 amide bonds. The molecule has 1 heterocycles. The van der Waals surface area contributed by atoms with Gasteiger partial charge in [0.05, 0.1) is 0 Å². The molecule has 1 fully saturated rings. The van der Waals surface area contributed by atoms with Gasteiger partial charge in [-0.15, -0.1) is 0 Å². The molecule has 1 atom stereocenters. The largest absolute Gasteiger partial charge is 0.480 e. The number of benzene rings is 1. The molecule has 0 saturated carbocycles. The Kier molecular flexibility index (Phi) is 5.15. The van der Waals surface area contributed by atoms with Gasteiger partial charge in [0.15, 0.2) is 5.78 Å². The number of carboxylic acid groups (broad SMARTS) is 1. The predicted molar refractivity (Wildman–Crippen MR) is 77.2 cm³/mol. The van der Waals surface area contributed by atoms with Crippen LogP contribution in [0, 0.1) is 0 Å². The number of carboxylic acids is 1. The smallest absolute Gasteiger partial charge is 0.321 e. The molecule has 0 aliphatic carbocycles. The third-order valence-electron chi connectivity index (χ3n) is 3.66. The van der Waals surface area contributed by atoms with E-state index in [0.717, 1.165) is 32.4 Å². The first-order valence-corrected chi connectivity index (χ1v) is 7.21. The highest BCUT2D eigenvalue weighted by molar-refractivity contribution is 6.30. The second-order valence-corrected chi connectivity index (χ2v) is 5.52. The lowest BCUT2D eigenvalue weighted by atomic mass is 10.0. The third-order valence-corrected chi connectivity index (χ3v) is 3.91. The summed E-state index contributed by atoms with van der Waals surface area (Å²) >= 11 is 5.78. The van der Waals surface area contributed by atoms with Gasteiger partial charge in [-0.25, -0.2) is 0 Å². The van der Waals surface area contributed by atoms with Gasteiger partial charge in [-0.05, 0) is 50.2 Å². The van der Waals surface area contributed by atoms with Crippen molar-refractivity contribution >= 4 is 23.4 Å². The lowest BCUT2D eigenvalue weighted by Crippen LogP contribution is -2.45. The molecule has 1 N–H and O–H groups in total. The van der Waals surface area contributed by atoms with Crippen molar-refractivity contribution in [1.82, 2.24) is 4.90 Å². The van der Waals surface area contributed by atoms with E-state index >= 15 is 0 Å². The Morgan fingerprint density at radius 3 is 2.30 bits per heavy atom. The maximum Gasteiger partial charge on any atom is 0.321 e. The molecule has 4 nitrogen and oxygen atoms in total. The van der Waals surface area contributed by atoms with Crippen LogP contribution in [-0.2, 0) is 4.79 Å². The van der Waals surface area contributed by atoms with Crippen LogP contribution in [0.1, 0.15) is 36.0 Å². The van der Waals surface area contributed by atoms with Crippen LogP contribution in [0.3, 0.4) is 0 Å². The highest BCUT2D eigenvalue weighted by Gasteiger charge is 2.29. The molecule has 1 aliphatic heterocycles. The Bertz CT molecular complexity index is 480. The van der Waals surface area contributed by atoms with Gasteiger partial charge in [-0.2, -0.15) is 0 Å². The summed E-state index contributed by atoms with van der Waals surface area (Å²) in [4.78, 5) is 25.5. The number of hydrogen-bond acceptors (Lipinski definition) is 3. The van der Waals surface area contributed by atoms with E-state index in [1.54, 1.807) is 24.3 Å². The molecular formula is C15H18ClNO3. The van der Waals surface area contributed by atoms with Crippen LogP contribution in [0.4, 0.5) is 0 Å². The van der Waals surface area contributed by atoms with Crippen LogP contribution in [0.2, 0.25) is 5.02 Å². The van der Waals surface area contributed by atoms with Gasteiger partial charge >= 0.3 is 5.97 Å². The molecule has 1 saturated heterocycles. The van der Waals surface area contributed by atoms with E-state index in [1.165, 1.54) is 0 Å². The molecule has 5 heteroatoms. The first kappa shape index (κ1) is 15.0. The first-order chi connectivity index (χ1) is 9.58. The highest BCUT2D eigenvalue weighted by Crippen LogP contribution is 2.18. The number of carbonyl (C=O) groups excluding carboxylic acids is 1. The quantitative estimate of drug-likeness (QED) is 0.849. The van der Waals surface area contributed by atoms with Gasteiger partial charge in [-0.1, -0.05) is 18.0 Å². The maximum absolute atomic E-state index is 12.2. The van der Waals surface area contributed by atoms with E-state index in [0.29, 0.717) is 10.6 Å². The topological polar surface area (TPSA) is 57.6 Å². The lowest BCUT2D eigenvalue weighted by Gasteiger charge is -2.31.